The summed E-state index contributed by atoms with van der Waals surface area (Å²) in [5, 5.41) is 6.33. The molecule has 5 nitrogen and oxygen atoms in total. The van der Waals surface area contributed by atoms with Gasteiger partial charge in [-0.2, -0.15) is 0 Å². The highest BCUT2D eigenvalue weighted by molar-refractivity contribution is 5.72. The smallest absolute Gasteiger partial charge is 0.216 e. The molecule has 2 N–H and O–H groups in total. The predicted molar refractivity (Wildman–Crippen MR) is 77.2 cm³/mol. The van der Waals surface area contributed by atoms with Gasteiger partial charge in [0, 0.05) is 52.7 Å². The minimum Gasteiger partial charge on any atom is -0.356 e. The first-order chi connectivity index (χ1) is 9.24. The molecule has 19 heavy (non-hydrogen) atoms. The Morgan fingerprint density at radius 2 is 1.68 bits per heavy atom. The monoisotopic (exact) mass is 268 g/mol. The summed E-state index contributed by atoms with van der Waals surface area (Å²) < 4.78 is 0. The van der Waals surface area contributed by atoms with E-state index < -0.39 is 0 Å². The van der Waals surface area contributed by atoms with Crippen LogP contribution in [0.15, 0.2) is 0 Å². The fourth-order valence-corrected chi connectivity index (χ4v) is 2.92. The first kappa shape index (κ1) is 14.8. The molecule has 2 saturated heterocycles. The molecule has 2 heterocycles. The maximum absolute atomic E-state index is 10.9. The van der Waals surface area contributed by atoms with Gasteiger partial charge in [-0.1, -0.05) is 0 Å². The molecule has 0 unspecified atom stereocenters. The summed E-state index contributed by atoms with van der Waals surface area (Å²) in [5.74, 6) is 0.778. The zero-order chi connectivity index (χ0) is 13.5. The van der Waals surface area contributed by atoms with E-state index in [9.17, 15) is 4.79 Å². The zero-order valence-corrected chi connectivity index (χ0v) is 12.2. The molecule has 2 fully saturated rings. The van der Waals surface area contributed by atoms with Crippen molar-refractivity contribution in [1.82, 2.24) is 20.4 Å². The van der Waals surface area contributed by atoms with Crippen LogP contribution in [0.1, 0.15) is 19.8 Å². The topological polar surface area (TPSA) is 47.6 Å². The van der Waals surface area contributed by atoms with E-state index in [2.05, 4.69) is 20.4 Å². The number of carbonyl (C=O) groups is 1. The van der Waals surface area contributed by atoms with Gasteiger partial charge in [-0.05, 0) is 31.8 Å². The van der Waals surface area contributed by atoms with Crippen molar-refractivity contribution < 1.29 is 4.79 Å². The van der Waals surface area contributed by atoms with Crippen molar-refractivity contribution >= 4 is 5.91 Å². The quantitative estimate of drug-likeness (QED) is 0.721. The highest BCUT2D eigenvalue weighted by atomic mass is 16.1. The van der Waals surface area contributed by atoms with Crippen LogP contribution in [0, 0.1) is 5.92 Å². The lowest BCUT2D eigenvalue weighted by Crippen LogP contribution is -2.47. The van der Waals surface area contributed by atoms with Crippen molar-refractivity contribution in [3.63, 3.8) is 0 Å². The fraction of sp³-hybridized carbons (Fsp3) is 0.929. The van der Waals surface area contributed by atoms with Gasteiger partial charge in [0.25, 0.3) is 0 Å². The van der Waals surface area contributed by atoms with Crippen LogP contribution in [0.3, 0.4) is 0 Å². The third kappa shape index (κ3) is 5.47. The van der Waals surface area contributed by atoms with E-state index in [4.69, 9.17) is 0 Å². The van der Waals surface area contributed by atoms with Crippen molar-refractivity contribution in [3.8, 4) is 0 Å². The van der Waals surface area contributed by atoms with E-state index >= 15 is 0 Å². The Kier molecular flexibility index (Phi) is 6.07. The van der Waals surface area contributed by atoms with Gasteiger partial charge in [0.15, 0.2) is 0 Å². The summed E-state index contributed by atoms with van der Waals surface area (Å²) in [7, 11) is 0. The Morgan fingerprint density at radius 1 is 1.11 bits per heavy atom. The van der Waals surface area contributed by atoms with Crippen LogP contribution >= 0.6 is 0 Å². The number of piperazine rings is 1. The number of hydrogen-bond acceptors (Lipinski definition) is 4. The molecular formula is C14H28N4O. The number of piperidine rings is 1. The Bertz CT molecular complexity index is 271. The molecule has 0 atom stereocenters. The minimum atomic E-state index is 0.0983. The second-order valence-corrected chi connectivity index (χ2v) is 5.81. The van der Waals surface area contributed by atoms with Crippen LogP contribution < -0.4 is 10.6 Å². The third-order valence-electron chi connectivity index (χ3n) is 4.29. The highest BCUT2D eigenvalue weighted by Crippen LogP contribution is 2.16. The summed E-state index contributed by atoms with van der Waals surface area (Å²) in [6.07, 6.45) is 2.45. The number of nitrogens with one attached hydrogen (secondary N) is 2. The van der Waals surface area contributed by atoms with Crippen LogP contribution in [0.4, 0.5) is 0 Å². The number of nitrogens with zero attached hydrogens (tertiary/aromatic N) is 2. The average molecular weight is 268 g/mol. The lowest BCUT2D eigenvalue weighted by molar-refractivity contribution is -0.119. The van der Waals surface area contributed by atoms with Gasteiger partial charge in [0.1, 0.15) is 0 Å². The van der Waals surface area contributed by atoms with Crippen molar-refractivity contribution in [2.75, 3.05) is 58.9 Å². The van der Waals surface area contributed by atoms with Gasteiger partial charge < -0.3 is 15.5 Å². The number of hydrogen-bond donors (Lipinski definition) is 2. The normalized spacial score (nSPS) is 23.4. The largest absolute Gasteiger partial charge is 0.356 e. The van der Waals surface area contributed by atoms with Crippen molar-refractivity contribution in [2.24, 2.45) is 5.92 Å². The molecule has 2 aliphatic heterocycles. The van der Waals surface area contributed by atoms with E-state index in [1.54, 1.807) is 6.92 Å². The van der Waals surface area contributed by atoms with Gasteiger partial charge in [-0.15, -0.1) is 0 Å². The molecule has 0 radical (unpaired) electrons. The number of carbonyl (C=O) groups excluding carboxylic acids is 1. The number of amides is 1. The molecule has 2 aliphatic rings. The standard InChI is InChI=1S/C14H28N4O/c1-13(19)16-12-14-2-6-17(7-3-14)10-11-18-8-4-15-5-9-18/h14-15H,2-12H2,1H3,(H,16,19). The minimum absolute atomic E-state index is 0.0983. The average Bonchev–Trinajstić information content (AvgIpc) is 2.45. The molecule has 2 rings (SSSR count). The van der Waals surface area contributed by atoms with Gasteiger partial charge in [0.2, 0.25) is 5.91 Å². The van der Waals surface area contributed by atoms with E-state index in [-0.39, 0.29) is 5.91 Å². The molecule has 0 spiro atoms. The van der Waals surface area contributed by atoms with E-state index in [0.29, 0.717) is 5.92 Å². The van der Waals surface area contributed by atoms with Gasteiger partial charge in [-0.25, -0.2) is 0 Å². The van der Waals surface area contributed by atoms with Crippen LogP contribution in [0.25, 0.3) is 0 Å². The van der Waals surface area contributed by atoms with Crippen molar-refractivity contribution in [1.29, 1.82) is 0 Å². The molecule has 0 aromatic rings. The Hall–Kier alpha value is -0.650. The summed E-state index contributed by atoms with van der Waals surface area (Å²) in [6.45, 7) is 11.9. The number of likely N-dealkylation sites (tertiary alicyclic amines) is 1. The Balaban J connectivity index is 1.56. The second-order valence-electron chi connectivity index (χ2n) is 5.81. The van der Waals surface area contributed by atoms with Crippen LogP contribution in [0.2, 0.25) is 0 Å². The maximum atomic E-state index is 10.9. The van der Waals surface area contributed by atoms with E-state index in [1.165, 1.54) is 52.1 Å². The molecule has 0 saturated carbocycles. The van der Waals surface area contributed by atoms with Crippen LogP contribution in [-0.2, 0) is 4.79 Å². The van der Waals surface area contributed by atoms with Crippen LogP contribution in [-0.4, -0.2) is 74.6 Å². The predicted octanol–water partition coefficient (Wildman–Crippen LogP) is -0.260. The molecule has 0 aromatic carbocycles. The Morgan fingerprint density at radius 3 is 2.26 bits per heavy atom. The SMILES string of the molecule is CC(=O)NCC1CCN(CCN2CCNCC2)CC1. The summed E-state index contributed by atoms with van der Waals surface area (Å²) >= 11 is 0. The van der Waals surface area contributed by atoms with Crippen molar-refractivity contribution in [3.05, 3.63) is 0 Å². The summed E-state index contributed by atoms with van der Waals surface area (Å²) in [4.78, 5) is 16.0. The molecule has 0 aromatic heterocycles. The van der Waals surface area contributed by atoms with Crippen molar-refractivity contribution in [2.45, 2.75) is 19.8 Å². The fourth-order valence-electron chi connectivity index (χ4n) is 2.92. The van der Waals surface area contributed by atoms with Gasteiger partial charge >= 0.3 is 0 Å². The Labute approximate surface area is 116 Å². The molecule has 1 amide bonds. The summed E-state index contributed by atoms with van der Waals surface area (Å²) in [6, 6.07) is 0. The molecule has 0 bridgehead atoms. The first-order valence-corrected chi connectivity index (χ1v) is 7.64. The molecule has 5 heteroatoms. The second kappa shape index (κ2) is 7.82. The first-order valence-electron chi connectivity index (χ1n) is 7.64. The maximum Gasteiger partial charge on any atom is 0.216 e. The van der Waals surface area contributed by atoms with E-state index in [1.807, 2.05) is 0 Å². The van der Waals surface area contributed by atoms with Crippen LogP contribution in [0.5, 0.6) is 0 Å². The lowest BCUT2D eigenvalue weighted by atomic mass is 9.97. The lowest BCUT2D eigenvalue weighted by Gasteiger charge is -2.34. The molecular weight excluding hydrogens is 240 g/mol. The number of rotatable bonds is 5. The highest BCUT2D eigenvalue weighted by Gasteiger charge is 2.19. The zero-order valence-electron chi connectivity index (χ0n) is 12.2. The molecule has 0 aliphatic carbocycles. The van der Waals surface area contributed by atoms with Gasteiger partial charge in [0.05, 0.1) is 0 Å². The third-order valence-corrected chi connectivity index (χ3v) is 4.29. The van der Waals surface area contributed by atoms with Gasteiger partial charge in [-0.3, -0.25) is 9.69 Å². The molecule has 110 valence electrons. The summed E-state index contributed by atoms with van der Waals surface area (Å²) in [5.41, 5.74) is 0. The van der Waals surface area contributed by atoms with E-state index in [0.717, 1.165) is 19.6 Å².